The lowest BCUT2D eigenvalue weighted by Crippen LogP contribution is -2.42. The molecule has 0 N–H and O–H groups in total. The predicted molar refractivity (Wildman–Crippen MR) is 95.4 cm³/mol. The Morgan fingerprint density at radius 1 is 0.926 bits per heavy atom. The minimum atomic E-state index is -4.72. The van der Waals surface area contributed by atoms with Gasteiger partial charge >= 0.3 is 12.1 Å². The summed E-state index contributed by atoms with van der Waals surface area (Å²) in [7, 11) is 0. The SMILES string of the molecule is CC(OC(C)(C)C)C(C(=O)OC(C)(C)C)C(=O)c1ccccc1C(F)(F)F. The van der Waals surface area contributed by atoms with Crippen LogP contribution in [0.2, 0.25) is 0 Å². The number of Topliss-reactive ketones (excluding diaryl/α,β-unsaturated/α-hetero) is 1. The average Bonchev–Trinajstić information content (AvgIpc) is 2.42. The van der Waals surface area contributed by atoms with Gasteiger partial charge in [-0.15, -0.1) is 0 Å². The van der Waals surface area contributed by atoms with Crippen LogP contribution < -0.4 is 0 Å². The third-order valence-electron chi connectivity index (χ3n) is 3.45. The van der Waals surface area contributed by atoms with Crippen molar-refractivity contribution in [2.75, 3.05) is 0 Å². The van der Waals surface area contributed by atoms with E-state index in [1.807, 2.05) is 0 Å². The van der Waals surface area contributed by atoms with E-state index in [1.165, 1.54) is 19.1 Å². The summed E-state index contributed by atoms with van der Waals surface area (Å²) in [5, 5.41) is 0. The van der Waals surface area contributed by atoms with Gasteiger partial charge in [0.25, 0.3) is 0 Å². The molecule has 0 spiro atoms. The van der Waals surface area contributed by atoms with E-state index in [-0.39, 0.29) is 0 Å². The van der Waals surface area contributed by atoms with Gasteiger partial charge in [0.05, 0.1) is 17.3 Å². The third-order valence-corrected chi connectivity index (χ3v) is 3.45. The highest BCUT2D eigenvalue weighted by molar-refractivity contribution is 6.10. The molecule has 4 nitrogen and oxygen atoms in total. The van der Waals surface area contributed by atoms with Gasteiger partial charge in [0.2, 0.25) is 0 Å². The highest BCUT2D eigenvalue weighted by atomic mass is 19.4. The summed E-state index contributed by atoms with van der Waals surface area (Å²) in [5.41, 5.74) is -3.28. The van der Waals surface area contributed by atoms with E-state index >= 15 is 0 Å². The van der Waals surface area contributed by atoms with Gasteiger partial charge in [0.15, 0.2) is 5.78 Å². The monoisotopic (exact) mass is 388 g/mol. The average molecular weight is 388 g/mol. The van der Waals surface area contributed by atoms with Crippen molar-refractivity contribution in [3.63, 3.8) is 0 Å². The fraction of sp³-hybridized carbons (Fsp3) is 0.600. The van der Waals surface area contributed by atoms with E-state index in [0.717, 1.165) is 12.1 Å². The summed E-state index contributed by atoms with van der Waals surface area (Å²) in [6.07, 6.45) is -5.70. The number of ether oxygens (including phenoxy) is 2. The zero-order chi connectivity index (χ0) is 21.2. The lowest BCUT2D eigenvalue weighted by Gasteiger charge is -2.31. The first-order valence-electron chi connectivity index (χ1n) is 8.64. The molecule has 27 heavy (non-hydrogen) atoms. The van der Waals surface area contributed by atoms with E-state index < -0.39 is 52.3 Å². The molecule has 1 rings (SSSR count). The number of esters is 1. The summed E-state index contributed by atoms with van der Waals surface area (Å²) in [6, 6.07) is 4.39. The third kappa shape index (κ3) is 6.97. The normalized spacial score (nSPS) is 15.2. The van der Waals surface area contributed by atoms with Crippen LogP contribution in [0, 0.1) is 5.92 Å². The van der Waals surface area contributed by atoms with Crippen LogP contribution in [0.5, 0.6) is 0 Å². The molecule has 0 radical (unpaired) electrons. The summed E-state index contributed by atoms with van der Waals surface area (Å²) < 4.78 is 50.9. The molecule has 0 saturated carbocycles. The smallest absolute Gasteiger partial charge is 0.417 e. The number of rotatable bonds is 5. The van der Waals surface area contributed by atoms with Crippen molar-refractivity contribution in [1.82, 2.24) is 0 Å². The summed E-state index contributed by atoms with van der Waals surface area (Å²) in [5.74, 6) is -3.41. The van der Waals surface area contributed by atoms with Crippen LogP contribution in [0.15, 0.2) is 24.3 Å². The number of carbonyl (C=O) groups excluding carboxylic acids is 2. The number of halogens is 3. The Morgan fingerprint density at radius 3 is 1.89 bits per heavy atom. The van der Waals surface area contributed by atoms with E-state index in [0.29, 0.717) is 0 Å². The zero-order valence-electron chi connectivity index (χ0n) is 16.7. The van der Waals surface area contributed by atoms with Gasteiger partial charge in [-0.2, -0.15) is 13.2 Å². The lowest BCUT2D eigenvalue weighted by molar-refractivity contribution is -0.166. The highest BCUT2D eigenvalue weighted by Gasteiger charge is 2.42. The fourth-order valence-corrected chi connectivity index (χ4v) is 2.62. The number of benzene rings is 1. The maximum Gasteiger partial charge on any atom is 0.417 e. The predicted octanol–water partition coefficient (Wildman–Crippen LogP) is 5.05. The van der Waals surface area contributed by atoms with E-state index in [4.69, 9.17) is 9.47 Å². The molecule has 1 aromatic rings. The quantitative estimate of drug-likeness (QED) is 0.402. The Kier molecular flexibility index (Phi) is 6.86. The molecule has 0 fully saturated rings. The van der Waals surface area contributed by atoms with Gasteiger partial charge in [0, 0.05) is 5.56 Å². The minimum absolute atomic E-state index is 0.579. The first kappa shape index (κ1) is 23.1. The van der Waals surface area contributed by atoms with Gasteiger partial charge < -0.3 is 9.47 Å². The molecule has 1 aromatic carbocycles. The van der Waals surface area contributed by atoms with Crippen molar-refractivity contribution in [3.8, 4) is 0 Å². The number of hydrogen-bond acceptors (Lipinski definition) is 4. The second kappa shape index (κ2) is 8.00. The molecule has 0 aliphatic carbocycles. The number of hydrogen-bond donors (Lipinski definition) is 0. The molecule has 0 aromatic heterocycles. The van der Waals surface area contributed by atoms with Gasteiger partial charge in [-0.05, 0) is 54.5 Å². The van der Waals surface area contributed by atoms with Gasteiger partial charge in [-0.3, -0.25) is 9.59 Å². The Hall–Kier alpha value is -1.89. The fourth-order valence-electron chi connectivity index (χ4n) is 2.62. The largest absolute Gasteiger partial charge is 0.459 e. The summed E-state index contributed by atoms with van der Waals surface area (Å²) >= 11 is 0. The first-order valence-corrected chi connectivity index (χ1v) is 8.64. The molecule has 7 heteroatoms. The van der Waals surface area contributed by atoms with Gasteiger partial charge in [0.1, 0.15) is 11.5 Å². The van der Waals surface area contributed by atoms with Crippen molar-refractivity contribution in [3.05, 3.63) is 35.4 Å². The molecule has 0 aliphatic rings. The van der Waals surface area contributed by atoms with Crippen molar-refractivity contribution in [1.29, 1.82) is 0 Å². The van der Waals surface area contributed by atoms with Crippen molar-refractivity contribution < 1.29 is 32.2 Å². The Labute approximate surface area is 158 Å². The highest BCUT2D eigenvalue weighted by Crippen LogP contribution is 2.34. The van der Waals surface area contributed by atoms with Crippen LogP contribution >= 0.6 is 0 Å². The van der Waals surface area contributed by atoms with Crippen LogP contribution in [0.3, 0.4) is 0 Å². The molecule has 0 amide bonds. The second-order valence-electron chi connectivity index (χ2n) is 8.35. The van der Waals surface area contributed by atoms with Crippen LogP contribution in [-0.2, 0) is 20.4 Å². The van der Waals surface area contributed by atoms with E-state index in [2.05, 4.69) is 0 Å². The second-order valence-corrected chi connectivity index (χ2v) is 8.35. The van der Waals surface area contributed by atoms with Crippen molar-refractivity contribution >= 4 is 11.8 Å². The van der Waals surface area contributed by atoms with Crippen LogP contribution in [-0.4, -0.2) is 29.1 Å². The summed E-state index contributed by atoms with van der Waals surface area (Å²) in [6.45, 7) is 11.5. The number of ketones is 1. The summed E-state index contributed by atoms with van der Waals surface area (Å²) in [4.78, 5) is 25.6. The number of carbonyl (C=O) groups is 2. The number of alkyl halides is 3. The Morgan fingerprint density at radius 2 is 1.44 bits per heavy atom. The molecule has 2 atom stereocenters. The van der Waals surface area contributed by atoms with Crippen LogP contribution in [0.25, 0.3) is 0 Å². The molecule has 0 heterocycles. The van der Waals surface area contributed by atoms with E-state index in [9.17, 15) is 22.8 Å². The molecular weight excluding hydrogens is 361 g/mol. The maximum absolute atomic E-state index is 13.3. The first-order chi connectivity index (χ1) is 12.0. The molecular formula is C20H27F3O4. The molecule has 152 valence electrons. The topological polar surface area (TPSA) is 52.6 Å². The lowest BCUT2D eigenvalue weighted by atomic mass is 9.89. The standard InChI is InChI=1S/C20H27F3O4/c1-12(26-18(2,3)4)15(17(25)27-19(5,6)7)16(24)13-10-8-9-11-14(13)20(21,22)23/h8-12,15H,1-7H3. The molecule has 0 saturated heterocycles. The Bertz CT molecular complexity index is 682. The molecule has 0 bridgehead atoms. The van der Waals surface area contributed by atoms with Crippen LogP contribution in [0.1, 0.15) is 64.4 Å². The molecule has 0 aliphatic heterocycles. The van der Waals surface area contributed by atoms with Crippen molar-refractivity contribution in [2.45, 2.75) is 71.9 Å². The molecule has 2 unspecified atom stereocenters. The van der Waals surface area contributed by atoms with Gasteiger partial charge in [-0.1, -0.05) is 18.2 Å². The van der Waals surface area contributed by atoms with Crippen molar-refractivity contribution in [2.24, 2.45) is 5.92 Å². The zero-order valence-corrected chi connectivity index (χ0v) is 16.7. The van der Waals surface area contributed by atoms with Crippen LogP contribution in [0.4, 0.5) is 13.2 Å². The Balaban J connectivity index is 3.39. The van der Waals surface area contributed by atoms with E-state index in [1.54, 1.807) is 41.5 Å². The maximum atomic E-state index is 13.3. The minimum Gasteiger partial charge on any atom is -0.459 e. The van der Waals surface area contributed by atoms with Gasteiger partial charge in [-0.25, -0.2) is 0 Å².